The zero-order valence-corrected chi connectivity index (χ0v) is 13.5. The molecule has 2 rings (SSSR count). The third-order valence-electron chi connectivity index (χ3n) is 3.25. The average molecular weight is 303 g/mol. The van der Waals surface area contributed by atoms with Crippen molar-refractivity contribution in [2.45, 2.75) is 33.7 Å². The molecule has 0 unspecified atom stereocenters. The van der Waals surface area contributed by atoms with Crippen molar-refractivity contribution < 1.29 is 4.79 Å². The molecule has 4 nitrogen and oxygen atoms in total. The van der Waals surface area contributed by atoms with Gasteiger partial charge in [0.15, 0.2) is 0 Å². The molecule has 2 N–H and O–H groups in total. The Labute approximate surface area is 129 Å². The maximum atomic E-state index is 12.4. The first-order chi connectivity index (χ1) is 10.1. The summed E-state index contributed by atoms with van der Waals surface area (Å²) in [5.74, 6) is -0.0910. The molecule has 0 aliphatic heterocycles. The molecule has 2 heterocycles. The van der Waals surface area contributed by atoms with Gasteiger partial charge in [0.25, 0.3) is 5.91 Å². The lowest BCUT2D eigenvalue weighted by molar-refractivity contribution is 0.0951. The van der Waals surface area contributed by atoms with Crippen LogP contribution in [0.4, 0.5) is 5.69 Å². The Hall–Kier alpha value is -1.88. The Balaban J connectivity index is 2.09. The quantitative estimate of drug-likeness (QED) is 0.858. The van der Waals surface area contributed by atoms with Gasteiger partial charge in [-0.1, -0.05) is 6.92 Å². The van der Waals surface area contributed by atoms with E-state index < -0.39 is 0 Å². The lowest BCUT2D eigenvalue weighted by atomic mass is 10.1. The van der Waals surface area contributed by atoms with Gasteiger partial charge in [-0.05, 0) is 48.2 Å². The van der Waals surface area contributed by atoms with Crippen molar-refractivity contribution in [3.05, 3.63) is 45.4 Å². The van der Waals surface area contributed by atoms with Crippen LogP contribution in [0.2, 0.25) is 0 Å². The summed E-state index contributed by atoms with van der Waals surface area (Å²) < 4.78 is 0. The zero-order chi connectivity index (χ0) is 15.2. The standard InChI is InChI=1S/C16H21N3OS/c1-4-5-17-15-6-12(3)18-8-14(15)16(20)19-7-13-10-21-9-11(13)2/h6,8-10H,4-5,7H2,1-3H3,(H,17,18)(H,19,20). The first-order valence-electron chi connectivity index (χ1n) is 7.12. The molecule has 0 bridgehead atoms. The van der Waals surface area contributed by atoms with Crippen LogP contribution in [0, 0.1) is 13.8 Å². The lowest BCUT2D eigenvalue weighted by Crippen LogP contribution is -2.24. The molecule has 1 amide bonds. The van der Waals surface area contributed by atoms with Gasteiger partial charge in [0.05, 0.1) is 11.3 Å². The van der Waals surface area contributed by atoms with Crippen molar-refractivity contribution >= 4 is 22.9 Å². The van der Waals surface area contributed by atoms with Crippen molar-refractivity contribution in [3.8, 4) is 0 Å². The predicted molar refractivity (Wildman–Crippen MR) is 88.0 cm³/mol. The van der Waals surface area contributed by atoms with Gasteiger partial charge >= 0.3 is 0 Å². The van der Waals surface area contributed by atoms with Crippen LogP contribution < -0.4 is 10.6 Å². The number of pyridine rings is 1. The van der Waals surface area contributed by atoms with E-state index in [2.05, 4.69) is 40.2 Å². The Morgan fingerprint density at radius 3 is 2.81 bits per heavy atom. The third-order valence-corrected chi connectivity index (χ3v) is 4.16. The minimum Gasteiger partial charge on any atom is -0.384 e. The minimum atomic E-state index is -0.0910. The van der Waals surface area contributed by atoms with E-state index in [1.54, 1.807) is 17.5 Å². The molecule has 5 heteroatoms. The predicted octanol–water partition coefficient (Wildman–Crippen LogP) is 3.51. The summed E-state index contributed by atoms with van der Waals surface area (Å²) in [6, 6.07) is 1.92. The van der Waals surface area contributed by atoms with E-state index >= 15 is 0 Å². The summed E-state index contributed by atoms with van der Waals surface area (Å²) in [4.78, 5) is 16.6. The molecule has 0 aliphatic carbocycles. The fourth-order valence-corrected chi connectivity index (χ4v) is 2.84. The summed E-state index contributed by atoms with van der Waals surface area (Å²) >= 11 is 1.65. The average Bonchev–Trinajstić information content (AvgIpc) is 2.88. The highest BCUT2D eigenvalue weighted by molar-refractivity contribution is 7.08. The largest absolute Gasteiger partial charge is 0.384 e. The number of thiophene rings is 1. The van der Waals surface area contributed by atoms with Gasteiger partial charge < -0.3 is 10.6 Å². The van der Waals surface area contributed by atoms with Gasteiger partial charge in [-0.2, -0.15) is 11.3 Å². The molecule has 0 fully saturated rings. The van der Waals surface area contributed by atoms with Crippen LogP contribution in [0.25, 0.3) is 0 Å². The van der Waals surface area contributed by atoms with Crippen LogP contribution in [0.1, 0.15) is 40.5 Å². The third kappa shape index (κ3) is 4.04. The van der Waals surface area contributed by atoms with Gasteiger partial charge in [-0.25, -0.2) is 0 Å². The van der Waals surface area contributed by atoms with E-state index in [1.165, 1.54) is 5.56 Å². The van der Waals surface area contributed by atoms with E-state index in [0.717, 1.165) is 29.9 Å². The van der Waals surface area contributed by atoms with Crippen LogP contribution in [-0.2, 0) is 6.54 Å². The number of aromatic nitrogens is 1. The lowest BCUT2D eigenvalue weighted by Gasteiger charge is -2.12. The van der Waals surface area contributed by atoms with E-state index in [9.17, 15) is 4.79 Å². The molecule has 0 aromatic carbocycles. The molecular formula is C16H21N3OS. The number of nitrogens with zero attached hydrogens (tertiary/aromatic N) is 1. The van der Waals surface area contributed by atoms with Crippen molar-refractivity contribution in [3.63, 3.8) is 0 Å². The van der Waals surface area contributed by atoms with Gasteiger partial charge in [-0.3, -0.25) is 9.78 Å². The maximum Gasteiger partial charge on any atom is 0.255 e. The van der Waals surface area contributed by atoms with Crippen LogP contribution in [0.15, 0.2) is 23.0 Å². The molecule has 0 saturated heterocycles. The molecule has 0 radical (unpaired) electrons. The zero-order valence-electron chi connectivity index (χ0n) is 12.7. The number of hydrogen-bond donors (Lipinski definition) is 2. The smallest absolute Gasteiger partial charge is 0.255 e. The normalized spacial score (nSPS) is 10.4. The van der Waals surface area contributed by atoms with Gasteiger partial charge in [0, 0.05) is 25.0 Å². The highest BCUT2D eigenvalue weighted by atomic mass is 32.1. The van der Waals surface area contributed by atoms with Crippen molar-refractivity contribution in [1.29, 1.82) is 0 Å². The molecule has 2 aromatic rings. The van der Waals surface area contributed by atoms with E-state index in [4.69, 9.17) is 0 Å². The summed E-state index contributed by atoms with van der Waals surface area (Å²) in [6.45, 7) is 7.47. The van der Waals surface area contributed by atoms with Crippen LogP contribution >= 0.6 is 11.3 Å². The van der Waals surface area contributed by atoms with Crippen molar-refractivity contribution in [2.75, 3.05) is 11.9 Å². The number of rotatable bonds is 6. The first kappa shape index (κ1) is 15.5. The van der Waals surface area contributed by atoms with Gasteiger partial charge in [0.1, 0.15) is 0 Å². The number of amides is 1. The Kier molecular flexibility index (Phi) is 5.33. The Bertz CT molecular complexity index is 622. The maximum absolute atomic E-state index is 12.4. The Morgan fingerprint density at radius 2 is 2.14 bits per heavy atom. The fraction of sp³-hybridized carbons (Fsp3) is 0.375. The fourth-order valence-electron chi connectivity index (χ4n) is 1.99. The monoisotopic (exact) mass is 303 g/mol. The van der Waals surface area contributed by atoms with Crippen molar-refractivity contribution in [2.24, 2.45) is 0 Å². The number of aryl methyl sites for hydroxylation is 2. The Morgan fingerprint density at radius 1 is 1.33 bits per heavy atom. The highest BCUT2D eigenvalue weighted by Crippen LogP contribution is 2.17. The highest BCUT2D eigenvalue weighted by Gasteiger charge is 2.12. The minimum absolute atomic E-state index is 0.0910. The molecule has 0 aliphatic rings. The van der Waals surface area contributed by atoms with E-state index in [1.807, 2.05) is 13.0 Å². The number of anilines is 1. The summed E-state index contributed by atoms with van der Waals surface area (Å²) in [7, 11) is 0. The van der Waals surface area contributed by atoms with Gasteiger partial charge in [0.2, 0.25) is 0 Å². The second kappa shape index (κ2) is 7.22. The molecule has 112 valence electrons. The summed E-state index contributed by atoms with van der Waals surface area (Å²) in [5, 5.41) is 10.4. The van der Waals surface area contributed by atoms with Crippen LogP contribution in [0.5, 0.6) is 0 Å². The topological polar surface area (TPSA) is 54.0 Å². The van der Waals surface area contributed by atoms with Gasteiger partial charge in [-0.15, -0.1) is 0 Å². The molecular weight excluding hydrogens is 282 g/mol. The molecule has 0 atom stereocenters. The first-order valence-corrected chi connectivity index (χ1v) is 8.06. The van der Waals surface area contributed by atoms with E-state index in [-0.39, 0.29) is 5.91 Å². The number of carbonyl (C=O) groups is 1. The SMILES string of the molecule is CCCNc1cc(C)ncc1C(=O)NCc1cscc1C. The molecule has 0 saturated carbocycles. The molecule has 2 aromatic heterocycles. The molecule has 21 heavy (non-hydrogen) atoms. The number of carbonyl (C=O) groups excluding carboxylic acids is 1. The second-order valence-corrected chi connectivity index (χ2v) is 5.80. The second-order valence-electron chi connectivity index (χ2n) is 5.06. The van der Waals surface area contributed by atoms with Crippen LogP contribution in [0.3, 0.4) is 0 Å². The molecule has 0 spiro atoms. The van der Waals surface area contributed by atoms with Crippen LogP contribution in [-0.4, -0.2) is 17.4 Å². The summed E-state index contributed by atoms with van der Waals surface area (Å²) in [6.07, 6.45) is 2.65. The number of nitrogens with one attached hydrogen (secondary N) is 2. The van der Waals surface area contributed by atoms with Crippen molar-refractivity contribution in [1.82, 2.24) is 10.3 Å². The summed E-state index contributed by atoms with van der Waals surface area (Å²) in [5.41, 5.74) is 4.73. The number of hydrogen-bond acceptors (Lipinski definition) is 4. The van der Waals surface area contributed by atoms with E-state index in [0.29, 0.717) is 12.1 Å².